The number of hydrogen-bond donors (Lipinski definition) is 3. The maximum atomic E-state index is 11.3. The molecule has 2 aromatic rings. The molecule has 1 heterocycles. The maximum Gasteiger partial charge on any atom is 0.277 e. The summed E-state index contributed by atoms with van der Waals surface area (Å²) < 4.78 is 1.93. The van der Waals surface area contributed by atoms with E-state index in [9.17, 15) is 4.79 Å². The molecule has 0 aliphatic carbocycles. The second-order valence-corrected chi connectivity index (χ2v) is 4.33. The number of nitrogens with zero attached hydrogens (tertiary/aromatic N) is 1. The molecule has 0 unspecified atom stereocenters. The van der Waals surface area contributed by atoms with Crippen LogP contribution in [0, 0.1) is 4.77 Å². The summed E-state index contributed by atoms with van der Waals surface area (Å²) in [5.41, 5.74) is 12.1. The van der Waals surface area contributed by atoms with E-state index in [0.29, 0.717) is 11.3 Å². The van der Waals surface area contributed by atoms with E-state index in [2.05, 4.69) is 4.98 Å². The van der Waals surface area contributed by atoms with Crippen molar-refractivity contribution in [3.63, 3.8) is 0 Å². The van der Waals surface area contributed by atoms with Crippen LogP contribution in [0.3, 0.4) is 0 Å². The van der Waals surface area contributed by atoms with Gasteiger partial charge >= 0.3 is 0 Å². The predicted molar refractivity (Wildman–Crippen MR) is 74.9 cm³/mol. The Morgan fingerprint density at radius 1 is 1.22 bits per heavy atom. The maximum absolute atomic E-state index is 11.3. The fourth-order valence-corrected chi connectivity index (χ4v) is 1.99. The zero-order valence-electron chi connectivity index (χ0n) is 9.72. The Balaban J connectivity index is 2.28. The lowest BCUT2D eigenvalue weighted by molar-refractivity contribution is 0.674. The van der Waals surface area contributed by atoms with E-state index in [-0.39, 0.29) is 11.5 Å². The van der Waals surface area contributed by atoms with Crippen molar-refractivity contribution in [2.75, 3.05) is 11.5 Å². The highest BCUT2D eigenvalue weighted by atomic mass is 32.1. The summed E-state index contributed by atoms with van der Waals surface area (Å²) >= 11 is 5.07. The van der Waals surface area contributed by atoms with Gasteiger partial charge in [0.05, 0.1) is 0 Å². The number of nitrogens with two attached hydrogens (primary N) is 2. The van der Waals surface area contributed by atoms with Gasteiger partial charge in [0.1, 0.15) is 11.5 Å². The van der Waals surface area contributed by atoms with Gasteiger partial charge in [0.2, 0.25) is 0 Å². The lowest BCUT2D eigenvalue weighted by Crippen LogP contribution is -2.22. The molecule has 0 amide bonds. The number of rotatable bonds is 3. The van der Waals surface area contributed by atoms with Gasteiger partial charge in [-0.1, -0.05) is 30.3 Å². The lowest BCUT2D eigenvalue weighted by Gasteiger charge is -2.11. The Labute approximate surface area is 109 Å². The molecule has 0 atom stereocenters. The van der Waals surface area contributed by atoms with Crippen molar-refractivity contribution in [1.82, 2.24) is 9.55 Å². The highest BCUT2D eigenvalue weighted by Gasteiger charge is 2.06. The molecule has 0 saturated heterocycles. The van der Waals surface area contributed by atoms with Gasteiger partial charge in [-0.15, -0.1) is 0 Å². The van der Waals surface area contributed by atoms with E-state index in [1.165, 1.54) is 5.56 Å². The SMILES string of the molecule is Nc1c(N)n(CCc2ccccc2)c(=S)[nH]c1=O. The van der Waals surface area contributed by atoms with E-state index in [0.717, 1.165) is 6.42 Å². The smallest absolute Gasteiger partial charge is 0.277 e. The summed E-state index contributed by atoms with van der Waals surface area (Å²) in [7, 11) is 0. The molecule has 0 radical (unpaired) electrons. The second kappa shape index (κ2) is 5.05. The average molecular weight is 262 g/mol. The van der Waals surface area contributed by atoms with Crippen molar-refractivity contribution >= 4 is 23.7 Å². The Morgan fingerprint density at radius 3 is 2.56 bits per heavy atom. The van der Waals surface area contributed by atoms with E-state index in [1.807, 2.05) is 30.3 Å². The monoisotopic (exact) mass is 262 g/mol. The molecular weight excluding hydrogens is 248 g/mol. The van der Waals surface area contributed by atoms with Crippen LogP contribution in [-0.2, 0) is 13.0 Å². The molecule has 0 fully saturated rings. The molecule has 0 aliphatic heterocycles. The van der Waals surface area contributed by atoms with Gasteiger partial charge < -0.3 is 16.0 Å². The molecule has 0 saturated carbocycles. The van der Waals surface area contributed by atoms with Crippen LogP contribution < -0.4 is 17.0 Å². The predicted octanol–water partition coefficient (Wildman–Crippen LogP) is 1.31. The van der Waals surface area contributed by atoms with Crippen LogP contribution in [0.4, 0.5) is 11.5 Å². The fourth-order valence-electron chi connectivity index (χ4n) is 1.71. The first-order chi connectivity index (χ1) is 8.59. The molecule has 94 valence electrons. The van der Waals surface area contributed by atoms with Gasteiger partial charge in [0, 0.05) is 6.54 Å². The quantitative estimate of drug-likeness (QED) is 0.728. The van der Waals surface area contributed by atoms with Crippen LogP contribution in [-0.4, -0.2) is 9.55 Å². The van der Waals surface area contributed by atoms with Crippen molar-refractivity contribution in [2.45, 2.75) is 13.0 Å². The molecule has 0 aliphatic rings. The zero-order chi connectivity index (χ0) is 13.1. The topological polar surface area (TPSA) is 89.8 Å². The lowest BCUT2D eigenvalue weighted by atomic mass is 10.1. The van der Waals surface area contributed by atoms with Gasteiger partial charge in [-0.3, -0.25) is 9.78 Å². The number of benzene rings is 1. The molecule has 5 nitrogen and oxygen atoms in total. The van der Waals surface area contributed by atoms with E-state index < -0.39 is 5.56 Å². The largest absolute Gasteiger partial charge is 0.391 e. The first-order valence-electron chi connectivity index (χ1n) is 5.51. The summed E-state index contributed by atoms with van der Waals surface area (Å²) in [5.74, 6) is 0.222. The minimum absolute atomic E-state index is 0.0108. The van der Waals surface area contributed by atoms with Gasteiger partial charge in [-0.05, 0) is 24.2 Å². The number of H-pyrrole nitrogens is 1. The van der Waals surface area contributed by atoms with Gasteiger partial charge in [-0.25, -0.2) is 0 Å². The van der Waals surface area contributed by atoms with Crippen LogP contribution >= 0.6 is 12.2 Å². The third kappa shape index (κ3) is 2.43. The number of aryl methyl sites for hydroxylation is 1. The Bertz CT molecular complexity index is 660. The number of anilines is 2. The van der Waals surface area contributed by atoms with E-state index in [4.69, 9.17) is 23.7 Å². The minimum Gasteiger partial charge on any atom is -0.391 e. The van der Waals surface area contributed by atoms with Crippen LogP contribution in [0.25, 0.3) is 0 Å². The highest BCUT2D eigenvalue weighted by molar-refractivity contribution is 7.71. The summed E-state index contributed by atoms with van der Waals surface area (Å²) in [4.78, 5) is 13.8. The third-order valence-corrected chi connectivity index (χ3v) is 3.07. The second-order valence-electron chi connectivity index (χ2n) is 3.95. The minimum atomic E-state index is -0.437. The van der Waals surface area contributed by atoms with Crippen molar-refractivity contribution in [3.05, 3.63) is 51.0 Å². The standard InChI is InChI=1S/C12H14N4OS/c13-9-10(14)16(12(18)15-11(9)17)7-6-8-4-2-1-3-5-8/h1-5H,6-7,13-14H2,(H,15,17,18). The number of aromatic nitrogens is 2. The number of aromatic amines is 1. The summed E-state index contributed by atoms with van der Waals surface area (Å²) in [6.07, 6.45) is 0.769. The Morgan fingerprint density at radius 2 is 1.89 bits per heavy atom. The van der Waals surface area contributed by atoms with Crippen LogP contribution in [0.2, 0.25) is 0 Å². The Hall–Kier alpha value is -2.08. The van der Waals surface area contributed by atoms with Crippen LogP contribution in [0.15, 0.2) is 35.1 Å². The van der Waals surface area contributed by atoms with Crippen molar-refractivity contribution in [3.8, 4) is 0 Å². The first-order valence-corrected chi connectivity index (χ1v) is 5.92. The summed E-state index contributed by atoms with van der Waals surface area (Å²) in [5, 5.41) is 0. The molecular formula is C12H14N4OS. The van der Waals surface area contributed by atoms with Gasteiger partial charge in [0.25, 0.3) is 5.56 Å². The van der Waals surface area contributed by atoms with Crippen molar-refractivity contribution in [2.24, 2.45) is 0 Å². The van der Waals surface area contributed by atoms with Crippen LogP contribution in [0.5, 0.6) is 0 Å². The molecule has 5 N–H and O–H groups in total. The molecule has 6 heteroatoms. The summed E-state index contributed by atoms with van der Waals surface area (Å²) in [6.45, 7) is 0.579. The number of nitrogens with one attached hydrogen (secondary N) is 1. The average Bonchev–Trinajstić information content (AvgIpc) is 2.37. The normalized spacial score (nSPS) is 10.4. The molecule has 1 aromatic carbocycles. The molecule has 18 heavy (non-hydrogen) atoms. The molecule has 0 spiro atoms. The Kier molecular flexibility index (Phi) is 3.47. The van der Waals surface area contributed by atoms with Gasteiger partial charge in [0.15, 0.2) is 4.77 Å². The van der Waals surface area contributed by atoms with Crippen molar-refractivity contribution in [1.29, 1.82) is 0 Å². The first kappa shape index (κ1) is 12.4. The summed E-state index contributed by atoms with van der Waals surface area (Å²) in [6, 6.07) is 9.95. The molecule has 1 aromatic heterocycles. The number of nitrogen functional groups attached to an aromatic ring is 2. The number of hydrogen-bond acceptors (Lipinski definition) is 4. The van der Waals surface area contributed by atoms with Gasteiger partial charge in [-0.2, -0.15) is 0 Å². The highest BCUT2D eigenvalue weighted by Crippen LogP contribution is 2.10. The molecule has 0 bridgehead atoms. The van der Waals surface area contributed by atoms with Crippen molar-refractivity contribution < 1.29 is 0 Å². The van der Waals surface area contributed by atoms with E-state index >= 15 is 0 Å². The van der Waals surface area contributed by atoms with Crippen LogP contribution in [0.1, 0.15) is 5.56 Å². The zero-order valence-corrected chi connectivity index (χ0v) is 10.5. The fraction of sp³-hybridized carbons (Fsp3) is 0.167. The third-order valence-electron chi connectivity index (χ3n) is 2.74. The van der Waals surface area contributed by atoms with E-state index in [1.54, 1.807) is 4.57 Å². The molecule has 2 rings (SSSR count).